The minimum absolute atomic E-state index is 0.0442. The van der Waals surface area contributed by atoms with Crippen LogP contribution in [0.25, 0.3) is 0 Å². The molecule has 3 rings (SSSR count). The number of aromatic nitrogens is 1. The van der Waals surface area contributed by atoms with E-state index in [1.54, 1.807) is 12.1 Å². The Morgan fingerprint density at radius 1 is 1.15 bits per heavy atom. The van der Waals surface area contributed by atoms with E-state index in [2.05, 4.69) is 20.5 Å². The number of anilines is 1. The molecule has 1 atom stereocenters. The van der Waals surface area contributed by atoms with Crippen LogP contribution >= 0.6 is 11.6 Å². The summed E-state index contributed by atoms with van der Waals surface area (Å²) in [6, 6.07) is 3.72. The van der Waals surface area contributed by atoms with Crippen molar-refractivity contribution in [3.05, 3.63) is 23.4 Å². The highest BCUT2D eigenvalue weighted by atomic mass is 35.5. The Morgan fingerprint density at radius 2 is 1.96 bits per heavy atom. The molecule has 26 heavy (non-hydrogen) atoms. The van der Waals surface area contributed by atoms with Crippen LogP contribution in [0.3, 0.4) is 0 Å². The molecule has 0 radical (unpaired) electrons. The first-order chi connectivity index (χ1) is 12.6. The van der Waals surface area contributed by atoms with Gasteiger partial charge in [0.25, 0.3) is 0 Å². The normalized spacial score (nSPS) is 22.0. The summed E-state index contributed by atoms with van der Waals surface area (Å²) in [6.45, 7) is 1.85. The highest BCUT2D eigenvalue weighted by molar-refractivity contribution is 6.30. The van der Waals surface area contributed by atoms with Crippen molar-refractivity contribution in [3.8, 4) is 0 Å². The lowest BCUT2D eigenvalue weighted by Gasteiger charge is -2.32. The van der Waals surface area contributed by atoms with E-state index in [1.807, 2.05) is 0 Å². The summed E-state index contributed by atoms with van der Waals surface area (Å²) < 4.78 is 0. The SMILES string of the molecule is O=C(CN1CCCC(C(=O)Nc2ccc(Cl)cn2)C1)NC1CCCCC1. The van der Waals surface area contributed by atoms with Crippen molar-refractivity contribution in [2.75, 3.05) is 25.0 Å². The summed E-state index contributed by atoms with van der Waals surface area (Å²) in [6.07, 6.45) is 9.13. The number of carbonyl (C=O) groups is 2. The molecule has 0 spiro atoms. The van der Waals surface area contributed by atoms with Crippen molar-refractivity contribution in [1.82, 2.24) is 15.2 Å². The van der Waals surface area contributed by atoms with E-state index in [4.69, 9.17) is 11.6 Å². The van der Waals surface area contributed by atoms with E-state index < -0.39 is 0 Å². The Bertz CT molecular complexity index is 616. The van der Waals surface area contributed by atoms with E-state index in [1.165, 1.54) is 25.5 Å². The number of pyridine rings is 1. The average Bonchev–Trinajstić information content (AvgIpc) is 2.64. The van der Waals surface area contributed by atoms with E-state index in [0.29, 0.717) is 30.0 Å². The predicted octanol–water partition coefficient (Wildman–Crippen LogP) is 2.83. The number of halogens is 1. The van der Waals surface area contributed by atoms with Gasteiger partial charge in [0, 0.05) is 18.8 Å². The first-order valence-electron chi connectivity index (χ1n) is 9.54. The molecule has 1 aliphatic heterocycles. The van der Waals surface area contributed by atoms with Crippen LogP contribution in [0.2, 0.25) is 5.02 Å². The third-order valence-corrected chi connectivity index (χ3v) is 5.42. The van der Waals surface area contributed by atoms with Gasteiger partial charge in [0.15, 0.2) is 0 Å². The van der Waals surface area contributed by atoms with Gasteiger partial charge < -0.3 is 10.6 Å². The van der Waals surface area contributed by atoms with Gasteiger partial charge in [-0.15, -0.1) is 0 Å². The van der Waals surface area contributed by atoms with Gasteiger partial charge in [-0.2, -0.15) is 0 Å². The maximum Gasteiger partial charge on any atom is 0.234 e. The summed E-state index contributed by atoms with van der Waals surface area (Å²) in [5, 5.41) is 6.53. The second-order valence-electron chi connectivity index (χ2n) is 7.33. The van der Waals surface area contributed by atoms with E-state index >= 15 is 0 Å². The van der Waals surface area contributed by atoms with Gasteiger partial charge in [-0.25, -0.2) is 4.98 Å². The molecule has 6 nitrogen and oxygen atoms in total. The molecule has 2 amide bonds. The Labute approximate surface area is 159 Å². The maximum absolute atomic E-state index is 12.5. The zero-order valence-corrected chi connectivity index (χ0v) is 15.8. The number of nitrogens with zero attached hydrogens (tertiary/aromatic N) is 2. The largest absolute Gasteiger partial charge is 0.352 e. The number of hydrogen-bond acceptors (Lipinski definition) is 4. The number of carbonyl (C=O) groups excluding carboxylic acids is 2. The second-order valence-corrected chi connectivity index (χ2v) is 7.76. The molecule has 1 saturated heterocycles. The summed E-state index contributed by atoms with van der Waals surface area (Å²) in [5.74, 6) is 0.421. The van der Waals surface area contributed by atoms with Crippen LogP contribution in [0, 0.1) is 5.92 Å². The van der Waals surface area contributed by atoms with Crippen molar-refractivity contribution < 1.29 is 9.59 Å². The molecule has 7 heteroatoms. The molecule has 1 aromatic rings. The Hall–Kier alpha value is -1.66. The zero-order valence-electron chi connectivity index (χ0n) is 15.0. The van der Waals surface area contributed by atoms with E-state index in [0.717, 1.165) is 32.2 Å². The summed E-state index contributed by atoms with van der Waals surface area (Å²) in [5.41, 5.74) is 0. The molecule has 0 aromatic carbocycles. The first-order valence-corrected chi connectivity index (χ1v) is 9.92. The summed E-state index contributed by atoms with van der Waals surface area (Å²) in [7, 11) is 0. The Kier molecular flexibility index (Phi) is 6.86. The van der Waals surface area contributed by atoms with Crippen molar-refractivity contribution >= 4 is 29.2 Å². The third kappa shape index (κ3) is 5.68. The molecule has 2 aliphatic rings. The number of amides is 2. The quantitative estimate of drug-likeness (QED) is 0.826. The number of nitrogens with one attached hydrogen (secondary N) is 2. The minimum atomic E-state index is -0.122. The maximum atomic E-state index is 12.5. The third-order valence-electron chi connectivity index (χ3n) is 5.19. The van der Waals surface area contributed by atoms with Gasteiger partial charge in [-0.1, -0.05) is 30.9 Å². The van der Waals surface area contributed by atoms with E-state index in [-0.39, 0.29) is 17.7 Å². The molecule has 1 aromatic heterocycles. The molecule has 1 unspecified atom stereocenters. The standard InChI is InChI=1S/C19H27ClN4O2/c20-15-8-9-17(21-11-15)23-19(26)14-5-4-10-24(12-14)13-18(25)22-16-6-2-1-3-7-16/h8-9,11,14,16H,1-7,10,12-13H2,(H,22,25)(H,21,23,26). The highest BCUT2D eigenvalue weighted by Gasteiger charge is 2.27. The fourth-order valence-corrected chi connectivity index (χ4v) is 3.93. The van der Waals surface area contributed by atoms with Crippen molar-refractivity contribution in [3.63, 3.8) is 0 Å². The van der Waals surface area contributed by atoms with Gasteiger partial charge >= 0.3 is 0 Å². The van der Waals surface area contributed by atoms with Crippen LogP contribution in [-0.4, -0.2) is 47.4 Å². The van der Waals surface area contributed by atoms with E-state index in [9.17, 15) is 9.59 Å². The molecule has 2 fully saturated rings. The smallest absolute Gasteiger partial charge is 0.234 e. The topological polar surface area (TPSA) is 74.3 Å². The van der Waals surface area contributed by atoms with Gasteiger partial charge in [-0.05, 0) is 44.4 Å². The first kappa shape index (κ1) is 19.1. The predicted molar refractivity (Wildman–Crippen MR) is 102 cm³/mol. The molecule has 142 valence electrons. The molecule has 2 heterocycles. The second kappa shape index (κ2) is 9.33. The molecular formula is C19H27ClN4O2. The van der Waals surface area contributed by atoms with Crippen LogP contribution in [0.15, 0.2) is 18.3 Å². The zero-order chi connectivity index (χ0) is 18.4. The van der Waals surface area contributed by atoms with Gasteiger partial charge in [0.1, 0.15) is 5.82 Å². The molecule has 0 bridgehead atoms. The average molecular weight is 379 g/mol. The lowest BCUT2D eigenvalue weighted by atomic mass is 9.95. The number of hydrogen-bond donors (Lipinski definition) is 2. The van der Waals surface area contributed by atoms with Crippen molar-refractivity contribution in [2.24, 2.45) is 5.92 Å². The monoisotopic (exact) mass is 378 g/mol. The van der Waals surface area contributed by atoms with Crippen LogP contribution in [-0.2, 0) is 9.59 Å². The van der Waals surface area contributed by atoms with Gasteiger partial charge in [0.05, 0.1) is 17.5 Å². The van der Waals surface area contributed by atoms with Crippen LogP contribution in [0.4, 0.5) is 5.82 Å². The van der Waals surface area contributed by atoms with Gasteiger partial charge in [-0.3, -0.25) is 14.5 Å². The highest BCUT2D eigenvalue weighted by Crippen LogP contribution is 2.20. The van der Waals surface area contributed by atoms with Crippen molar-refractivity contribution in [1.29, 1.82) is 0 Å². The lowest BCUT2D eigenvalue weighted by molar-refractivity contribution is -0.126. The summed E-state index contributed by atoms with van der Waals surface area (Å²) >= 11 is 5.81. The molecule has 1 saturated carbocycles. The van der Waals surface area contributed by atoms with Crippen LogP contribution in [0.1, 0.15) is 44.9 Å². The molecule has 2 N–H and O–H groups in total. The lowest BCUT2D eigenvalue weighted by Crippen LogP contribution is -2.47. The van der Waals surface area contributed by atoms with Crippen LogP contribution in [0.5, 0.6) is 0 Å². The van der Waals surface area contributed by atoms with Crippen LogP contribution < -0.4 is 10.6 Å². The Balaban J connectivity index is 1.46. The van der Waals surface area contributed by atoms with Gasteiger partial charge in [0.2, 0.25) is 11.8 Å². The number of piperidine rings is 1. The number of rotatable bonds is 5. The Morgan fingerprint density at radius 3 is 2.69 bits per heavy atom. The van der Waals surface area contributed by atoms with Crippen molar-refractivity contribution in [2.45, 2.75) is 51.0 Å². The number of likely N-dealkylation sites (tertiary alicyclic amines) is 1. The molecule has 1 aliphatic carbocycles. The minimum Gasteiger partial charge on any atom is -0.352 e. The molecular weight excluding hydrogens is 352 g/mol. The fraction of sp³-hybridized carbons (Fsp3) is 0.632. The summed E-state index contributed by atoms with van der Waals surface area (Å²) in [4.78, 5) is 31.0. The fourth-order valence-electron chi connectivity index (χ4n) is 3.81.